The topological polar surface area (TPSA) is 75.4 Å². The molecule has 5 nitrogen and oxygen atoms in total. The standard InChI is InChI=1S/C9H17N3O2/c1-7-9(14)11-4-2-5-12(7)6-3-8(10)13/h7H,2-6H2,1H3,(H2,10,13)(H,11,14). The molecule has 0 aliphatic carbocycles. The highest BCUT2D eigenvalue weighted by Crippen LogP contribution is 2.05. The van der Waals surface area contributed by atoms with Crippen molar-refractivity contribution in [3.63, 3.8) is 0 Å². The number of amides is 2. The maximum absolute atomic E-state index is 11.4. The van der Waals surface area contributed by atoms with Crippen molar-refractivity contribution in [3.8, 4) is 0 Å². The lowest BCUT2D eigenvalue weighted by molar-refractivity contribution is -0.126. The molecule has 2 amide bonds. The fourth-order valence-corrected chi connectivity index (χ4v) is 1.56. The van der Waals surface area contributed by atoms with Crippen molar-refractivity contribution < 1.29 is 9.59 Å². The molecular formula is C9H17N3O2. The van der Waals surface area contributed by atoms with E-state index in [9.17, 15) is 9.59 Å². The van der Waals surface area contributed by atoms with Crippen LogP contribution in [0.1, 0.15) is 19.8 Å². The lowest BCUT2D eigenvalue weighted by Gasteiger charge is -2.24. The minimum atomic E-state index is -0.318. The summed E-state index contributed by atoms with van der Waals surface area (Å²) in [5, 5.41) is 2.82. The Morgan fingerprint density at radius 1 is 1.71 bits per heavy atom. The van der Waals surface area contributed by atoms with E-state index in [1.165, 1.54) is 0 Å². The summed E-state index contributed by atoms with van der Waals surface area (Å²) in [4.78, 5) is 24.0. The van der Waals surface area contributed by atoms with Crippen molar-refractivity contribution in [2.24, 2.45) is 5.73 Å². The summed E-state index contributed by atoms with van der Waals surface area (Å²) >= 11 is 0. The molecule has 1 fully saturated rings. The molecule has 0 aromatic rings. The van der Waals surface area contributed by atoms with Gasteiger partial charge in [0.15, 0.2) is 0 Å². The number of hydrogen-bond acceptors (Lipinski definition) is 3. The molecule has 0 spiro atoms. The van der Waals surface area contributed by atoms with E-state index in [1.54, 1.807) is 0 Å². The van der Waals surface area contributed by atoms with Gasteiger partial charge in [0.25, 0.3) is 0 Å². The number of nitrogens with zero attached hydrogens (tertiary/aromatic N) is 1. The second kappa shape index (κ2) is 4.95. The molecule has 1 heterocycles. The predicted molar refractivity (Wildman–Crippen MR) is 52.5 cm³/mol. The van der Waals surface area contributed by atoms with Crippen LogP contribution in [0.4, 0.5) is 0 Å². The molecule has 1 aliphatic heterocycles. The normalized spacial score (nSPS) is 24.1. The molecule has 0 radical (unpaired) electrons. The van der Waals surface area contributed by atoms with Gasteiger partial charge in [-0.1, -0.05) is 0 Å². The summed E-state index contributed by atoms with van der Waals surface area (Å²) in [5.74, 6) is -0.283. The number of rotatable bonds is 3. The van der Waals surface area contributed by atoms with Gasteiger partial charge in [-0.15, -0.1) is 0 Å². The third kappa shape index (κ3) is 2.99. The molecule has 0 saturated carbocycles. The fraction of sp³-hybridized carbons (Fsp3) is 0.778. The second-order valence-corrected chi connectivity index (χ2v) is 3.57. The summed E-state index contributed by atoms with van der Waals surface area (Å²) in [6.45, 7) is 3.98. The molecule has 14 heavy (non-hydrogen) atoms. The van der Waals surface area contributed by atoms with Crippen molar-refractivity contribution in [2.45, 2.75) is 25.8 Å². The second-order valence-electron chi connectivity index (χ2n) is 3.57. The Morgan fingerprint density at radius 2 is 2.43 bits per heavy atom. The van der Waals surface area contributed by atoms with Crippen LogP contribution in [-0.2, 0) is 9.59 Å². The van der Waals surface area contributed by atoms with E-state index in [4.69, 9.17) is 5.73 Å². The molecular weight excluding hydrogens is 182 g/mol. The van der Waals surface area contributed by atoms with Crippen LogP contribution < -0.4 is 11.1 Å². The highest BCUT2D eigenvalue weighted by atomic mass is 16.2. The molecule has 0 bridgehead atoms. The van der Waals surface area contributed by atoms with E-state index in [0.717, 1.165) is 19.5 Å². The van der Waals surface area contributed by atoms with Crippen LogP contribution >= 0.6 is 0 Å². The fourth-order valence-electron chi connectivity index (χ4n) is 1.56. The Bertz CT molecular complexity index is 230. The van der Waals surface area contributed by atoms with E-state index in [2.05, 4.69) is 5.32 Å². The van der Waals surface area contributed by atoms with Crippen LogP contribution in [0.2, 0.25) is 0 Å². The molecule has 1 rings (SSSR count). The summed E-state index contributed by atoms with van der Waals surface area (Å²) in [7, 11) is 0. The average molecular weight is 199 g/mol. The third-order valence-corrected chi connectivity index (χ3v) is 2.49. The SMILES string of the molecule is CC1C(=O)NCCCN1CCC(N)=O. The molecule has 5 heteroatoms. The van der Waals surface area contributed by atoms with Gasteiger partial charge in [-0.05, 0) is 13.3 Å². The Labute approximate surface area is 83.6 Å². The van der Waals surface area contributed by atoms with E-state index < -0.39 is 0 Å². The summed E-state index contributed by atoms with van der Waals surface area (Å²) in [5.41, 5.74) is 5.06. The van der Waals surface area contributed by atoms with Gasteiger partial charge < -0.3 is 11.1 Å². The van der Waals surface area contributed by atoms with Gasteiger partial charge in [0.1, 0.15) is 0 Å². The number of primary amides is 1. The quantitative estimate of drug-likeness (QED) is 0.616. The van der Waals surface area contributed by atoms with Crippen molar-refractivity contribution in [1.82, 2.24) is 10.2 Å². The number of nitrogens with one attached hydrogen (secondary N) is 1. The van der Waals surface area contributed by atoms with Crippen LogP contribution in [0.5, 0.6) is 0 Å². The van der Waals surface area contributed by atoms with Crippen molar-refractivity contribution in [1.29, 1.82) is 0 Å². The monoisotopic (exact) mass is 199 g/mol. The first-order chi connectivity index (χ1) is 6.61. The predicted octanol–water partition coefficient (Wildman–Crippen LogP) is -0.928. The lowest BCUT2D eigenvalue weighted by Crippen LogP contribution is -2.43. The van der Waals surface area contributed by atoms with Gasteiger partial charge in [0.05, 0.1) is 6.04 Å². The number of hydrogen-bond donors (Lipinski definition) is 2. The molecule has 80 valence electrons. The Kier molecular flexibility index (Phi) is 3.88. The average Bonchev–Trinajstić information content (AvgIpc) is 2.28. The third-order valence-electron chi connectivity index (χ3n) is 2.49. The minimum absolute atomic E-state index is 0.0342. The molecule has 1 unspecified atom stereocenters. The number of nitrogens with two attached hydrogens (primary N) is 1. The first-order valence-electron chi connectivity index (χ1n) is 4.91. The van der Waals surface area contributed by atoms with Crippen LogP contribution in [-0.4, -0.2) is 42.4 Å². The molecule has 3 N–H and O–H groups in total. The Hall–Kier alpha value is -1.10. The van der Waals surface area contributed by atoms with Gasteiger partial charge >= 0.3 is 0 Å². The van der Waals surface area contributed by atoms with Crippen LogP contribution in [0.3, 0.4) is 0 Å². The smallest absolute Gasteiger partial charge is 0.237 e. The van der Waals surface area contributed by atoms with Crippen LogP contribution in [0.15, 0.2) is 0 Å². The summed E-state index contributed by atoms with van der Waals surface area (Å²) < 4.78 is 0. The highest BCUT2D eigenvalue weighted by molar-refractivity contribution is 5.81. The molecule has 1 saturated heterocycles. The first kappa shape index (κ1) is 11.0. The number of carbonyl (C=O) groups is 2. The molecule has 0 aromatic heterocycles. The molecule has 0 aromatic carbocycles. The molecule has 1 atom stereocenters. The molecule has 1 aliphatic rings. The lowest BCUT2D eigenvalue weighted by atomic mass is 10.2. The largest absolute Gasteiger partial charge is 0.370 e. The maximum Gasteiger partial charge on any atom is 0.237 e. The maximum atomic E-state index is 11.4. The van der Waals surface area contributed by atoms with Crippen LogP contribution in [0.25, 0.3) is 0 Å². The number of carbonyl (C=O) groups excluding carboxylic acids is 2. The Balaban J connectivity index is 2.47. The van der Waals surface area contributed by atoms with E-state index >= 15 is 0 Å². The zero-order valence-electron chi connectivity index (χ0n) is 8.45. The van der Waals surface area contributed by atoms with Gasteiger partial charge in [-0.3, -0.25) is 14.5 Å². The van der Waals surface area contributed by atoms with Gasteiger partial charge in [-0.2, -0.15) is 0 Å². The van der Waals surface area contributed by atoms with Gasteiger partial charge in [0, 0.05) is 26.1 Å². The van der Waals surface area contributed by atoms with E-state index in [-0.39, 0.29) is 17.9 Å². The van der Waals surface area contributed by atoms with E-state index in [0.29, 0.717) is 13.0 Å². The van der Waals surface area contributed by atoms with Crippen molar-refractivity contribution in [2.75, 3.05) is 19.6 Å². The summed E-state index contributed by atoms with van der Waals surface area (Å²) in [6, 6.07) is -0.156. The summed E-state index contributed by atoms with van der Waals surface area (Å²) in [6.07, 6.45) is 1.24. The van der Waals surface area contributed by atoms with Gasteiger partial charge in [-0.25, -0.2) is 0 Å². The van der Waals surface area contributed by atoms with Gasteiger partial charge in [0.2, 0.25) is 11.8 Å². The van der Waals surface area contributed by atoms with Crippen molar-refractivity contribution >= 4 is 11.8 Å². The van der Waals surface area contributed by atoms with E-state index in [1.807, 2.05) is 11.8 Å². The first-order valence-corrected chi connectivity index (χ1v) is 4.91. The zero-order chi connectivity index (χ0) is 10.6. The minimum Gasteiger partial charge on any atom is -0.370 e. The van der Waals surface area contributed by atoms with Crippen molar-refractivity contribution in [3.05, 3.63) is 0 Å². The highest BCUT2D eigenvalue weighted by Gasteiger charge is 2.23. The zero-order valence-corrected chi connectivity index (χ0v) is 8.45. The Morgan fingerprint density at radius 3 is 3.07 bits per heavy atom. The van der Waals surface area contributed by atoms with Crippen LogP contribution in [0, 0.1) is 0 Å².